The van der Waals surface area contributed by atoms with Gasteiger partial charge in [-0.25, -0.2) is 0 Å². The summed E-state index contributed by atoms with van der Waals surface area (Å²) in [4.78, 5) is 6.20. The van der Waals surface area contributed by atoms with Crippen LogP contribution in [0.1, 0.15) is 20.3 Å². The van der Waals surface area contributed by atoms with Crippen molar-refractivity contribution in [1.82, 2.24) is 4.98 Å². The van der Waals surface area contributed by atoms with E-state index in [1.807, 2.05) is 12.1 Å². The highest BCUT2D eigenvalue weighted by molar-refractivity contribution is 5.77. The molecule has 0 amide bonds. The largest absolute Gasteiger partial charge is 0.388 e. The summed E-state index contributed by atoms with van der Waals surface area (Å²) in [6.07, 6.45) is 4.15. The molecule has 15 heavy (non-hydrogen) atoms. The van der Waals surface area contributed by atoms with Crippen LogP contribution in [0.2, 0.25) is 0 Å². The Morgan fingerprint density at radius 1 is 1.47 bits per heavy atom. The number of pyridine rings is 1. The quantitative estimate of drug-likeness (QED) is 0.568. The fourth-order valence-corrected chi connectivity index (χ4v) is 1.46. The first-order valence-corrected chi connectivity index (χ1v) is 5.11. The molecule has 3 N–H and O–H groups in total. The van der Waals surface area contributed by atoms with Crippen LogP contribution in [0.25, 0.3) is 0 Å². The third-order valence-corrected chi connectivity index (χ3v) is 2.24. The van der Waals surface area contributed by atoms with Crippen LogP contribution in [0.3, 0.4) is 0 Å². The summed E-state index contributed by atoms with van der Waals surface area (Å²) >= 11 is 0. The number of anilines is 1. The molecule has 0 bridgehead atoms. The maximum atomic E-state index is 7.23. The molecule has 1 rings (SSSR count). The molecule has 0 saturated carbocycles. The fraction of sp³-hybridized carbons (Fsp3) is 0.455. The lowest BCUT2D eigenvalue weighted by Gasteiger charge is -2.28. The van der Waals surface area contributed by atoms with E-state index in [1.165, 1.54) is 0 Å². The number of nitrogens with zero attached hydrogens (tertiary/aromatic N) is 2. The van der Waals surface area contributed by atoms with Gasteiger partial charge in [0.15, 0.2) is 0 Å². The van der Waals surface area contributed by atoms with Crippen molar-refractivity contribution in [3.63, 3.8) is 0 Å². The number of amidine groups is 1. The van der Waals surface area contributed by atoms with Gasteiger partial charge in [0.2, 0.25) is 0 Å². The molecule has 4 heteroatoms. The lowest BCUT2D eigenvalue weighted by Crippen LogP contribution is -2.33. The zero-order valence-corrected chi connectivity index (χ0v) is 9.27. The standard InChI is InChI=1S/C11H18N4/c1-9(2)15(8-5-11(12)13)10-3-6-14-7-4-10/h3-4,6-7,9H,5,8H2,1-2H3,(H3,12,13). The Kier molecular flexibility index (Phi) is 4.09. The Morgan fingerprint density at radius 2 is 2.07 bits per heavy atom. The third kappa shape index (κ3) is 3.58. The third-order valence-electron chi connectivity index (χ3n) is 2.24. The van der Waals surface area contributed by atoms with Crippen LogP contribution in [0.4, 0.5) is 5.69 Å². The van der Waals surface area contributed by atoms with Gasteiger partial charge in [-0.3, -0.25) is 10.4 Å². The van der Waals surface area contributed by atoms with Crippen molar-refractivity contribution in [3.05, 3.63) is 24.5 Å². The van der Waals surface area contributed by atoms with Crippen molar-refractivity contribution < 1.29 is 0 Å². The number of nitrogens with two attached hydrogens (primary N) is 1. The SMILES string of the molecule is CC(C)N(CCC(=N)N)c1ccncc1. The highest BCUT2D eigenvalue weighted by atomic mass is 15.2. The molecule has 0 fully saturated rings. The average molecular weight is 206 g/mol. The maximum absolute atomic E-state index is 7.23. The summed E-state index contributed by atoms with van der Waals surface area (Å²) in [6, 6.07) is 4.34. The van der Waals surface area contributed by atoms with E-state index >= 15 is 0 Å². The van der Waals surface area contributed by atoms with E-state index in [9.17, 15) is 0 Å². The molecule has 0 atom stereocenters. The van der Waals surface area contributed by atoms with E-state index in [-0.39, 0.29) is 5.84 Å². The Bertz CT molecular complexity index is 308. The van der Waals surface area contributed by atoms with E-state index < -0.39 is 0 Å². The number of hydrogen-bond donors (Lipinski definition) is 2. The molecule has 1 heterocycles. The number of hydrogen-bond acceptors (Lipinski definition) is 3. The van der Waals surface area contributed by atoms with E-state index in [4.69, 9.17) is 11.1 Å². The van der Waals surface area contributed by atoms with Gasteiger partial charge in [0.25, 0.3) is 0 Å². The first kappa shape index (κ1) is 11.5. The van der Waals surface area contributed by atoms with E-state index in [0.717, 1.165) is 12.2 Å². The number of nitrogens with one attached hydrogen (secondary N) is 1. The zero-order chi connectivity index (χ0) is 11.3. The molecule has 82 valence electrons. The van der Waals surface area contributed by atoms with Crippen LogP contribution in [0, 0.1) is 5.41 Å². The highest BCUT2D eigenvalue weighted by Crippen LogP contribution is 2.15. The molecule has 0 aromatic carbocycles. The van der Waals surface area contributed by atoms with Gasteiger partial charge in [0, 0.05) is 37.1 Å². The first-order chi connectivity index (χ1) is 7.11. The summed E-state index contributed by atoms with van der Waals surface area (Å²) in [6.45, 7) is 5.03. The molecule has 1 aromatic rings. The second-order valence-electron chi connectivity index (χ2n) is 3.77. The van der Waals surface area contributed by atoms with E-state index in [2.05, 4.69) is 23.7 Å². The van der Waals surface area contributed by atoms with Gasteiger partial charge in [0.05, 0.1) is 5.84 Å². The molecule has 0 aliphatic carbocycles. The van der Waals surface area contributed by atoms with Crippen molar-refractivity contribution in [2.75, 3.05) is 11.4 Å². The predicted molar refractivity (Wildman–Crippen MR) is 63.3 cm³/mol. The molecular weight excluding hydrogens is 188 g/mol. The van der Waals surface area contributed by atoms with E-state index in [1.54, 1.807) is 12.4 Å². The van der Waals surface area contributed by atoms with Crippen molar-refractivity contribution >= 4 is 11.5 Å². The van der Waals surface area contributed by atoms with Gasteiger partial charge in [-0.15, -0.1) is 0 Å². The zero-order valence-electron chi connectivity index (χ0n) is 9.27. The van der Waals surface area contributed by atoms with Crippen LogP contribution >= 0.6 is 0 Å². The van der Waals surface area contributed by atoms with Gasteiger partial charge >= 0.3 is 0 Å². The van der Waals surface area contributed by atoms with Gasteiger partial charge in [0.1, 0.15) is 0 Å². The molecule has 0 spiro atoms. The molecule has 0 saturated heterocycles. The number of aromatic nitrogens is 1. The molecule has 0 radical (unpaired) electrons. The van der Waals surface area contributed by atoms with Gasteiger partial charge in [-0.05, 0) is 26.0 Å². The van der Waals surface area contributed by atoms with Crippen LogP contribution in [0.15, 0.2) is 24.5 Å². The maximum Gasteiger partial charge on any atom is 0.0923 e. The van der Waals surface area contributed by atoms with Gasteiger partial charge in [-0.1, -0.05) is 0 Å². The minimum Gasteiger partial charge on any atom is -0.388 e. The van der Waals surface area contributed by atoms with Crippen molar-refractivity contribution in [3.8, 4) is 0 Å². The lowest BCUT2D eigenvalue weighted by molar-refractivity contribution is 0.688. The minimum absolute atomic E-state index is 0.231. The molecule has 0 aliphatic heterocycles. The van der Waals surface area contributed by atoms with Crippen molar-refractivity contribution in [1.29, 1.82) is 5.41 Å². The normalized spacial score (nSPS) is 10.3. The van der Waals surface area contributed by atoms with Crippen molar-refractivity contribution in [2.45, 2.75) is 26.3 Å². The smallest absolute Gasteiger partial charge is 0.0923 e. The summed E-state index contributed by atoms with van der Waals surface area (Å²) in [5.41, 5.74) is 6.49. The van der Waals surface area contributed by atoms with Crippen LogP contribution in [-0.2, 0) is 0 Å². The summed E-state index contributed by atoms with van der Waals surface area (Å²) in [5.74, 6) is 0.231. The molecule has 0 aliphatic rings. The van der Waals surface area contributed by atoms with Gasteiger partial charge < -0.3 is 10.6 Å². The molecule has 0 unspecified atom stereocenters. The second kappa shape index (κ2) is 5.34. The first-order valence-electron chi connectivity index (χ1n) is 5.11. The Balaban J connectivity index is 2.70. The summed E-state index contributed by atoms with van der Waals surface area (Å²) in [7, 11) is 0. The van der Waals surface area contributed by atoms with E-state index in [0.29, 0.717) is 12.5 Å². The Morgan fingerprint density at radius 3 is 2.53 bits per heavy atom. The van der Waals surface area contributed by atoms with Crippen LogP contribution in [0.5, 0.6) is 0 Å². The average Bonchev–Trinajstić information content (AvgIpc) is 2.18. The van der Waals surface area contributed by atoms with Crippen LogP contribution in [-0.4, -0.2) is 23.4 Å². The second-order valence-corrected chi connectivity index (χ2v) is 3.77. The van der Waals surface area contributed by atoms with Crippen molar-refractivity contribution in [2.24, 2.45) is 5.73 Å². The fourth-order valence-electron chi connectivity index (χ4n) is 1.46. The molecule has 1 aromatic heterocycles. The lowest BCUT2D eigenvalue weighted by atomic mass is 10.2. The summed E-state index contributed by atoms with van der Waals surface area (Å²) in [5, 5.41) is 7.23. The minimum atomic E-state index is 0.231. The Hall–Kier alpha value is -1.58. The topological polar surface area (TPSA) is 66.0 Å². The predicted octanol–water partition coefficient (Wildman–Crippen LogP) is 1.62. The van der Waals surface area contributed by atoms with Crippen LogP contribution < -0.4 is 10.6 Å². The Labute approximate surface area is 90.6 Å². The summed E-state index contributed by atoms with van der Waals surface area (Å²) < 4.78 is 0. The highest BCUT2D eigenvalue weighted by Gasteiger charge is 2.09. The number of rotatable bonds is 5. The monoisotopic (exact) mass is 206 g/mol. The molecule has 4 nitrogen and oxygen atoms in total. The van der Waals surface area contributed by atoms with Gasteiger partial charge in [-0.2, -0.15) is 0 Å². The molecular formula is C11H18N4.